The summed E-state index contributed by atoms with van der Waals surface area (Å²) in [5.41, 5.74) is 1.45. The van der Waals surface area contributed by atoms with Crippen LogP contribution in [0.25, 0.3) is 0 Å². The summed E-state index contributed by atoms with van der Waals surface area (Å²) in [5, 5.41) is 10.7. The smallest absolute Gasteiger partial charge is 0.167 e. The van der Waals surface area contributed by atoms with E-state index in [4.69, 9.17) is 9.47 Å². The molecule has 4 saturated carbocycles. The Kier molecular flexibility index (Phi) is 5.00. The van der Waals surface area contributed by atoms with Gasteiger partial charge in [-0.3, -0.25) is 4.79 Å². The van der Waals surface area contributed by atoms with E-state index >= 15 is 0 Å². The molecule has 0 spiro atoms. The first-order valence-corrected chi connectivity index (χ1v) is 12.0. The van der Waals surface area contributed by atoms with Crippen LogP contribution < -0.4 is 0 Å². The van der Waals surface area contributed by atoms with E-state index in [9.17, 15) is 9.90 Å². The molecule has 162 valence electrons. The van der Waals surface area contributed by atoms with Crippen molar-refractivity contribution in [3.63, 3.8) is 0 Å². The first-order valence-electron chi connectivity index (χ1n) is 12.0. The molecule has 0 aromatic heterocycles. The highest BCUT2D eigenvalue weighted by molar-refractivity contribution is 5.91. The molecule has 0 aromatic rings. The van der Waals surface area contributed by atoms with Gasteiger partial charge in [0.1, 0.15) is 0 Å². The van der Waals surface area contributed by atoms with Gasteiger partial charge in [-0.1, -0.05) is 12.5 Å². The monoisotopic (exact) mass is 402 g/mol. The summed E-state index contributed by atoms with van der Waals surface area (Å²) in [5.74, 6) is 1.74. The summed E-state index contributed by atoms with van der Waals surface area (Å²) < 4.78 is 12.5. The van der Waals surface area contributed by atoms with E-state index in [1.807, 2.05) is 6.08 Å². The van der Waals surface area contributed by atoms with Crippen molar-refractivity contribution >= 4 is 5.78 Å². The van der Waals surface area contributed by atoms with E-state index in [2.05, 4.69) is 6.92 Å². The van der Waals surface area contributed by atoms with Gasteiger partial charge in [0.25, 0.3) is 0 Å². The number of carbonyl (C=O) groups excluding carboxylic acids is 1. The second kappa shape index (κ2) is 7.17. The van der Waals surface area contributed by atoms with Crippen molar-refractivity contribution in [1.82, 2.24) is 0 Å². The third-order valence-electron chi connectivity index (χ3n) is 9.97. The van der Waals surface area contributed by atoms with E-state index in [-0.39, 0.29) is 16.9 Å². The van der Waals surface area contributed by atoms with Crippen LogP contribution in [-0.2, 0) is 14.3 Å². The largest absolute Gasteiger partial charge is 0.393 e. The lowest BCUT2D eigenvalue weighted by Crippen LogP contribution is -2.54. The highest BCUT2D eigenvalue weighted by atomic mass is 16.7. The number of fused-ring (bicyclic) bond motifs is 5. The number of hydrogen-bond acceptors (Lipinski definition) is 4. The van der Waals surface area contributed by atoms with Gasteiger partial charge in [0.15, 0.2) is 11.6 Å². The number of carbonyl (C=O) groups is 1. The average molecular weight is 403 g/mol. The fourth-order valence-corrected chi connectivity index (χ4v) is 8.19. The lowest BCUT2D eigenvalue weighted by Gasteiger charge is -2.59. The lowest BCUT2D eigenvalue weighted by molar-refractivity contribution is -0.239. The van der Waals surface area contributed by atoms with Crippen molar-refractivity contribution in [3.05, 3.63) is 11.6 Å². The predicted molar refractivity (Wildman–Crippen MR) is 111 cm³/mol. The van der Waals surface area contributed by atoms with Crippen LogP contribution in [-0.4, -0.2) is 36.5 Å². The third kappa shape index (κ3) is 3.00. The first-order chi connectivity index (χ1) is 13.9. The maximum Gasteiger partial charge on any atom is 0.167 e. The van der Waals surface area contributed by atoms with Crippen LogP contribution in [0.1, 0.15) is 84.0 Å². The van der Waals surface area contributed by atoms with Crippen LogP contribution in [0.15, 0.2) is 11.6 Å². The molecular formula is C25H38O4. The third-order valence-corrected chi connectivity index (χ3v) is 9.97. The van der Waals surface area contributed by atoms with Crippen molar-refractivity contribution in [1.29, 1.82) is 0 Å². The fraction of sp³-hybridized carbons (Fsp3) is 0.880. The maximum absolute atomic E-state index is 12.3. The van der Waals surface area contributed by atoms with Crippen LogP contribution in [0.5, 0.6) is 0 Å². The van der Waals surface area contributed by atoms with E-state index in [1.165, 1.54) is 24.8 Å². The molecule has 0 aromatic carbocycles. The number of ether oxygens (including phenoxy) is 2. The Morgan fingerprint density at radius 1 is 1.03 bits per heavy atom. The number of hydrogen-bond donors (Lipinski definition) is 1. The first kappa shape index (κ1) is 20.2. The molecule has 4 fully saturated rings. The second-order valence-corrected chi connectivity index (χ2v) is 11.0. The van der Waals surface area contributed by atoms with E-state index in [0.717, 1.165) is 51.4 Å². The molecule has 0 amide bonds. The summed E-state index contributed by atoms with van der Waals surface area (Å²) in [6.07, 6.45) is 14.3. The van der Waals surface area contributed by atoms with E-state index < -0.39 is 5.79 Å². The van der Waals surface area contributed by atoms with Crippen LogP contribution in [0, 0.1) is 28.6 Å². The van der Waals surface area contributed by atoms with Gasteiger partial charge in [-0.05, 0) is 87.0 Å². The minimum Gasteiger partial charge on any atom is -0.393 e. The molecule has 5 aliphatic rings. The molecule has 1 unspecified atom stereocenters. The van der Waals surface area contributed by atoms with Gasteiger partial charge in [0.2, 0.25) is 0 Å². The Labute approximate surface area is 175 Å². The maximum atomic E-state index is 12.3. The van der Waals surface area contributed by atoms with Gasteiger partial charge in [0, 0.05) is 31.8 Å². The normalized spacial score (nSPS) is 46.0. The number of aliphatic hydroxyl groups excluding tert-OH is 1. The topological polar surface area (TPSA) is 55.8 Å². The van der Waals surface area contributed by atoms with Gasteiger partial charge in [-0.25, -0.2) is 0 Å². The van der Waals surface area contributed by atoms with Crippen LogP contribution >= 0.6 is 0 Å². The van der Waals surface area contributed by atoms with Crippen LogP contribution in [0.2, 0.25) is 0 Å². The quantitative estimate of drug-likeness (QED) is 0.687. The minimum absolute atomic E-state index is 0.000180. The zero-order chi connectivity index (χ0) is 20.3. The molecule has 4 nitrogen and oxygen atoms in total. The molecule has 0 saturated heterocycles. The van der Waals surface area contributed by atoms with Crippen LogP contribution in [0.3, 0.4) is 0 Å². The van der Waals surface area contributed by atoms with Crippen molar-refractivity contribution in [2.75, 3.05) is 13.7 Å². The molecule has 0 aliphatic heterocycles. The Morgan fingerprint density at radius 2 is 1.83 bits per heavy atom. The molecule has 29 heavy (non-hydrogen) atoms. The molecule has 1 N–H and O–H groups in total. The highest BCUT2D eigenvalue weighted by Gasteiger charge is 2.60. The van der Waals surface area contributed by atoms with Crippen molar-refractivity contribution in [3.8, 4) is 0 Å². The van der Waals surface area contributed by atoms with Gasteiger partial charge in [-0.2, -0.15) is 0 Å². The summed E-state index contributed by atoms with van der Waals surface area (Å²) in [4.78, 5) is 12.3. The molecular weight excluding hydrogens is 364 g/mol. The molecule has 0 heterocycles. The molecule has 6 atom stereocenters. The van der Waals surface area contributed by atoms with Gasteiger partial charge in [-0.15, -0.1) is 0 Å². The number of rotatable bonds is 4. The Bertz CT molecular complexity index is 693. The summed E-state index contributed by atoms with van der Waals surface area (Å²) in [6, 6.07) is 0. The van der Waals surface area contributed by atoms with Crippen LogP contribution in [0.4, 0.5) is 0 Å². The minimum atomic E-state index is -0.416. The van der Waals surface area contributed by atoms with Gasteiger partial charge < -0.3 is 14.6 Å². The van der Waals surface area contributed by atoms with Gasteiger partial charge >= 0.3 is 0 Å². The van der Waals surface area contributed by atoms with E-state index in [1.54, 1.807) is 7.11 Å². The molecule has 0 bridgehead atoms. The van der Waals surface area contributed by atoms with Crippen molar-refractivity contribution in [2.45, 2.75) is 95.9 Å². The van der Waals surface area contributed by atoms with Crippen molar-refractivity contribution in [2.24, 2.45) is 28.6 Å². The zero-order valence-electron chi connectivity index (χ0n) is 18.3. The van der Waals surface area contributed by atoms with E-state index in [0.29, 0.717) is 36.6 Å². The number of aliphatic hydroxyl groups is 1. The molecule has 5 rings (SSSR count). The second-order valence-electron chi connectivity index (χ2n) is 11.0. The SMILES string of the molecule is COC1(OC[C@]23CCC(=O)C=C2CC[C@@H]2[C@H]3CC[C@]3(C)C(O)CC[C@@H]23)CCCC1. The summed E-state index contributed by atoms with van der Waals surface area (Å²) in [6.45, 7) is 3.04. The van der Waals surface area contributed by atoms with Crippen molar-refractivity contribution < 1.29 is 19.4 Å². The molecule has 4 heteroatoms. The lowest BCUT2D eigenvalue weighted by atomic mass is 9.47. The number of ketones is 1. The molecule has 0 radical (unpaired) electrons. The average Bonchev–Trinajstić information content (AvgIpc) is 3.32. The summed E-state index contributed by atoms with van der Waals surface area (Å²) >= 11 is 0. The zero-order valence-corrected chi connectivity index (χ0v) is 18.3. The number of methoxy groups -OCH3 is 1. The Hall–Kier alpha value is -0.710. The predicted octanol–water partition coefficient (Wildman–Crippen LogP) is 4.79. The Morgan fingerprint density at radius 3 is 2.59 bits per heavy atom. The Balaban J connectivity index is 1.46. The molecule has 5 aliphatic carbocycles. The van der Waals surface area contributed by atoms with Gasteiger partial charge in [0.05, 0.1) is 12.7 Å². The summed E-state index contributed by atoms with van der Waals surface area (Å²) in [7, 11) is 1.79. The standard InChI is InChI=1S/C25H38O4/c1-23-13-10-21-19(20(23)7-8-22(23)27)6-5-17-15-18(26)9-14-24(17,21)16-29-25(28-2)11-3-4-12-25/h15,19-22,27H,3-14,16H2,1-2H3/t19-,20-,21+,22?,23-,24+/m0/s1. The highest BCUT2D eigenvalue weighted by Crippen LogP contribution is 2.65. The fourth-order valence-electron chi connectivity index (χ4n) is 8.19.